The molecule has 1 fully saturated rings. The van der Waals surface area contributed by atoms with Crippen molar-refractivity contribution in [2.45, 2.75) is 38.2 Å². The number of para-hydroxylation sites is 2. The monoisotopic (exact) mass is 350 g/mol. The Morgan fingerprint density at radius 2 is 1.92 bits per heavy atom. The molecule has 2 heterocycles. The summed E-state index contributed by atoms with van der Waals surface area (Å²) in [6.07, 6.45) is 7.59. The fourth-order valence-corrected chi connectivity index (χ4v) is 3.62. The van der Waals surface area contributed by atoms with E-state index < -0.39 is 6.10 Å². The van der Waals surface area contributed by atoms with Crippen molar-refractivity contribution in [1.29, 1.82) is 0 Å². The lowest BCUT2D eigenvalue weighted by Crippen LogP contribution is -2.35. The summed E-state index contributed by atoms with van der Waals surface area (Å²) in [4.78, 5) is 21.1. The Morgan fingerprint density at radius 3 is 2.69 bits per heavy atom. The average molecular weight is 350 g/mol. The summed E-state index contributed by atoms with van der Waals surface area (Å²) < 4.78 is 1.90. The average Bonchev–Trinajstić information content (AvgIpc) is 3.13. The molecule has 4 rings (SSSR count). The van der Waals surface area contributed by atoms with Gasteiger partial charge in [-0.1, -0.05) is 31.4 Å². The molecule has 1 aliphatic rings. The zero-order valence-corrected chi connectivity index (χ0v) is 14.5. The van der Waals surface area contributed by atoms with Crippen molar-refractivity contribution < 1.29 is 9.90 Å². The summed E-state index contributed by atoms with van der Waals surface area (Å²) in [5.74, 6) is 0.442. The lowest BCUT2D eigenvalue weighted by molar-refractivity contribution is -0.127. The molecule has 26 heavy (non-hydrogen) atoms. The van der Waals surface area contributed by atoms with E-state index in [0.717, 1.165) is 42.5 Å². The van der Waals surface area contributed by atoms with Gasteiger partial charge in [0.05, 0.1) is 22.9 Å². The van der Waals surface area contributed by atoms with Crippen LogP contribution in [0, 0.1) is 5.92 Å². The number of anilines is 1. The van der Waals surface area contributed by atoms with Gasteiger partial charge in [0.25, 0.3) is 5.91 Å². The number of pyridine rings is 1. The van der Waals surface area contributed by atoms with Crippen LogP contribution in [0.15, 0.2) is 48.9 Å². The SMILES string of the molecule is O=C(Nc1ccc(-n2cnc3ccccc32)nc1)C(O)C1CCCCC1. The summed E-state index contributed by atoms with van der Waals surface area (Å²) in [7, 11) is 0. The largest absolute Gasteiger partial charge is 0.383 e. The van der Waals surface area contributed by atoms with Crippen molar-refractivity contribution in [2.24, 2.45) is 5.92 Å². The molecule has 134 valence electrons. The van der Waals surface area contributed by atoms with Gasteiger partial charge in [-0.2, -0.15) is 0 Å². The van der Waals surface area contributed by atoms with Crippen molar-refractivity contribution >= 4 is 22.6 Å². The number of hydrogen-bond donors (Lipinski definition) is 2. The van der Waals surface area contributed by atoms with E-state index in [1.54, 1.807) is 18.6 Å². The van der Waals surface area contributed by atoms with Crippen LogP contribution in [0.4, 0.5) is 5.69 Å². The lowest BCUT2D eigenvalue weighted by atomic mass is 9.85. The molecule has 0 aliphatic heterocycles. The molecular weight excluding hydrogens is 328 g/mol. The smallest absolute Gasteiger partial charge is 0.253 e. The van der Waals surface area contributed by atoms with E-state index >= 15 is 0 Å². The van der Waals surface area contributed by atoms with E-state index in [-0.39, 0.29) is 11.8 Å². The molecule has 3 aromatic rings. The van der Waals surface area contributed by atoms with Crippen LogP contribution >= 0.6 is 0 Å². The molecule has 0 radical (unpaired) electrons. The van der Waals surface area contributed by atoms with Crippen molar-refractivity contribution in [2.75, 3.05) is 5.32 Å². The molecule has 1 saturated carbocycles. The number of fused-ring (bicyclic) bond motifs is 1. The van der Waals surface area contributed by atoms with E-state index in [2.05, 4.69) is 15.3 Å². The zero-order valence-electron chi connectivity index (χ0n) is 14.5. The summed E-state index contributed by atoms with van der Waals surface area (Å²) >= 11 is 0. The van der Waals surface area contributed by atoms with Gasteiger partial charge in [0.1, 0.15) is 18.2 Å². The summed E-state index contributed by atoms with van der Waals surface area (Å²) in [5, 5.41) is 13.1. The Balaban J connectivity index is 1.46. The number of amides is 1. The molecule has 1 unspecified atom stereocenters. The van der Waals surface area contributed by atoms with E-state index in [4.69, 9.17) is 0 Å². The predicted molar refractivity (Wildman–Crippen MR) is 100 cm³/mol. The van der Waals surface area contributed by atoms with Crippen LogP contribution in [0.25, 0.3) is 16.9 Å². The number of aliphatic hydroxyl groups is 1. The van der Waals surface area contributed by atoms with Gasteiger partial charge in [-0.25, -0.2) is 9.97 Å². The van der Waals surface area contributed by atoms with Gasteiger partial charge in [0.2, 0.25) is 0 Å². The maximum atomic E-state index is 12.3. The summed E-state index contributed by atoms with van der Waals surface area (Å²) in [6, 6.07) is 11.5. The maximum absolute atomic E-state index is 12.3. The molecule has 1 amide bonds. The molecule has 2 aromatic heterocycles. The second-order valence-corrected chi connectivity index (χ2v) is 6.84. The highest BCUT2D eigenvalue weighted by atomic mass is 16.3. The Bertz CT molecular complexity index is 898. The van der Waals surface area contributed by atoms with Gasteiger partial charge in [0, 0.05) is 0 Å². The highest BCUT2D eigenvalue weighted by Gasteiger charge is 2.27. The third-order valence-electron chi connectivity index (χ3n) is 5.08. The molecule has 1 atom stereocenters. The molecule has 0 bridgehead atoms. The Kier molecular flexibility index (Phi) is 4.67. The molecule has 0 spiro atoms. The number of imidazole rings is 1. The van der Waals surface area contributed by atoms with Gasteiger partial charge in [-0.05, 0) is 43.0 Å². The molecule has 6 heteroatoms. The topological polar surface area (TPSA) is 80.0 Å². The quantitative estimate of drug-likeness (QED) is 0.756. The number of hydrogen-bond acceptors (Lipinski definition) is 4. The number of carbonyl (C=O) groups excluding carboxylic acids is 1. The Morgan fingerprint density at radius 1 is 1.12 bits per heavy atom. The maximum Gasteiger partial charge on any atom is 0.253 e. The van der Waals surface area contributed by atoms with Gasteiger partial charge in [-0.15, -0.1) is 0 Å². The number of aliphatic hydroxyl groups excluding tert-OH is 1. The zero-order chi connectivity index (χ0) is 17.9. The standard InChI is InChI=1S/C20H22N4O2/c25-19(14-6-2-1-3-7-14)20(26)23-15-10-11-18(21-12-15)24-13-22-16-8-4-5-9-17(16)24/h4-5,8-14,19,25H,1-3,6-7H2,(H,23,26). The number of benzene rings is 1. The Hall–Kier alpha value is -2.73. The third-order valence-corrected chi connectivity index (χ3v) is 5.08. The highest BCUT2D eigenvalue weighted by Crippen LogP contribution is 2.27. The summed E-state index contributed by atoms with van der Waals surface area (Å²) in [6.45, 7) is 0. The van der Waals surface area contributed by atoms with E-state index in [1.165, 1.54) is 6.42 Å². The van der Waals surface area contributed by atoms with Gasteiger partial charge >= 0.3 is 0 Å². The third kappa shape index (κ3) is 3.32. The van der Waals surface area contributed by atoms with E-state index in [0.29, 0.717) is 5.69 Å². The van der Waals surface area contributed by atoms with Gasteiger partial charge in [0.15, 0.2) is 0 Å². The number of nitrogens with one attached hydrogen (secondary N) is 1. The van der Waals surface area contributed by atoms with Crippen LogP contribution in [0.5, 0.6) is 0 Å². The van der Waals surface area contributed by atoms with Gasteiger partial charge in [-0.3, -0.25) is 9.36 Å². The van der Waals surface area contributed by atoms with Crippen LogP contribution in [0.2, 0.25) is 0 Å². The second kappa shape index (κ2) is 7.25. The normalized spacial score (nSPS) is 16.5. The molecule has 6 nitrogen and oxygen atoms in total. The van der Waals surface area contributed by atoms with Crippen LogP contribution in [-0.4, -0.2) is 31.7 Å². The fraction of sp³-hybridized carbons (Fsp3) is 0.350. The molecular formula is C20H22N4O2. The molecule has 1 aromatic carbocycles. The first-order valence-corrected chi connectivity index (χ1v) is 9.10. The highest BCUT2D eigenvalue weighted by molar-refractivity contribution is 5.94. The van der Waals surface area contributed by atoms with Crippen LogP contribution in [-0.2, 0) is 4.79 Å². The van der Waals surface area contributed by atoms with Crippen LogP contribution in [0.3, 0.4) is 0 Å². The number of nitrogens with zero attached hydrogens (tertiary/aromatic N) is 3. The minimum absolute atomic E-state index is 0.0632. The number of carbonyl (C=O) groups is 1. The van der Waals surface area contributed by atoms with E-state index in [1.807, 2.05) is 34.9 Å². The fourth-order valence-electron chi connectivity index (χ4n) is 3.62. The first kappa shape index (κ1) is 16.7. The van der Waals surface area contributed by atoms with Crippen molar-refractivity contribution in [3.8, 4) is 5.82 Å². The molecule has 1 aliphatic carbocycles. The number of rotatable bonds is 4. The first-order chi connectivity index (χ1) is 12.7. The lowest BCUT2D eigenvalue weighted by Gasteiger charge is -2.25. The summed E-state index contributed by atoms with van der Waals surface area (Å²) in [5.41, 5.74) is 2.46. The number of aromatic nitrogens is 3. The van der Waals surface area contributed by atoms with Crippen LogP contribution < -0.4 is 5.32 Å². The molecule has 0 saturated heterocycles. The van der Waals surface area contributed by atoms with Crippen LogP contribution in [0.1, 0.15) is 32.1 Å². The molecule has 2 N–H and O–H groups in total. The Labute approximate surface area is 151 Å². The van der Waals surface area contributed by atoms with Crippen molar-refractivity contribution in [1.82, 2.24) is 14.5 Å². The minimum atomic E-state index is -0.951. The second-order valence-electron chi connectivity index (χ2n) is 6.84. The van der Waals surface area contributed by atoms with Gasteiger partial charge < -0.3 is 10.4 Å². The van der Waals surface area contributed by atoms with Crippen molar-refractivity contribution in [3.63, 3.8) is 0 Å². The van der Waals surface area contributed by atoms with E-state index in [9.17, 15) is 9.90 Å². The minimum Gasteiger partial charge on any atom is -0.383 e. The van der Waals surface area contributed by atoms with Crippen molar-refractivity contribution in [3.05, 3.63) is 48.9 Å². The first-order valence-electron chi connectivity index (χ1n) is 9.10. The predicted octanol–water partition coefficient (Wildman–Crippen LogP) is 3.30.